The number of carbonyl (C=O) groups excluding carboxylic acids is 6. The minimum atomic E-state index is -1.51. The van der Waals surface area contributed by atoms with Gasteiger partial charge in [0.2, 0.25) is 23.3 Å². The fourth-order valence-electron chi connectivity index (χ4n) is 6.99. The van der Waals surface area contributed by atoms with E-state index in [1.165, 1.54) is 0 Å². The molecule has 1 spiro atoms. The molecule has 0 saturated carbocycles. The van der Waals surface area contributed by atoms with Crippen LogP contribution >= 0.6 is 0 Å². The molecule has 0 saturated heterocycles. The monoisotopic (exact) mass is 748 g/mol. The van der Waals surface area contributed by atoms with Gasteiger partial charge in [-0.25, -0.2) is 14.5 Å². The third-order valence-electron chi connectivity index (χ3n) is 8.45. The minimum Gasteiger partial charge on any atom is -0.542 e. The molecule has 0 radical (unpaired) electrons. The van der Waals surface area contributed by atoms with Gasteiger partial charge in [0.25, 0.3) is 11.7 Å². The molecule has 4 N–H and O–H groups in total. The molecule has 1 atom stereocenters. The number of aromatic nitrogens is 10. The van der Waals surface area contributed by atoms with Crippen molar-refractivity contribution in [1.82, 2.24) is 49.0 Å². The van der Waals surface area contributed by atoms with Gasteiger partial charge in [-0.2, -0.15) is 28.3 Å². The quantitative estimate of drug-likeness (QED) is 0.0729. The Bertz CT molecular complexity index is 3020. The molecule has 28 heteroatoms. The smallest absolute Gasteiger partial charge is 0.542 e. The van der Waals surface area contributed by atoms with Crippen molar-refractivity contribution < 1.29 is 166 Å². The topological polar surface area (TPSA) is 329 Å². The SMILES string of the molecule is O=C([O-])c1nc2c([nH]1)C1=Nc3c4nc(C(=O)[O-])[nH]c4c4n3[C@]35n6c(c7n[c-][nH]c7c6=NC2=[N+]13)=NC1=[N+]5C(=N4)c2n[c-][nH]c21.O=C=O.O=C=O.[Na+].[Na+].[Na+].[Na+]. The number of aliphatic imine (C=N–C) groups is 2. The second-order valence-corrected chi connectivity index (χ2v) is 10.5. The molecule has 0 fully saturated rings. The van der Waals surface area contributed by atoms with Crippen LogP contribution in [-0.4, -0.2) is 106 Å². The third-order valence-corrected chi connectivity index (χ3v) is 8.45. The van der Waals surface area contributed by atoms with Crippen molar-refractivity contribution in [3.8, 4) is 0 Å². The first kappa shape index (κ1) is 38.6. The van der Waals surface area contributed by atoms with E-state index in [0.29, 0.717) is 50.9 Å². The third kappa shape index (κ3) is 4.37. The number of amidine groups is 4. The summed E-state index contributed by atoms with van der Waals surface area (Å²) < 4.78 is 7.32. The number of aromatic carboxylic acids is 2. The number of aromatic amines is 4. The summed E-state index contributed by atoms with van der Waals surface area (Å²) in [5.41, 5.74) is 3.79. The van der Waals surface area contributed by atoms with Crippen molar-refractivity contribution in [2.24, 2.45) is 20.0 Å². The fourth-order valence-corrected chi connectivity index (χ4v) is 6.99. The van der Waals surface area contributed by atoms with E-state index in [9.17, 15) is 19.8 Å². The molecule has 6 aliphatic heterocycles. The maximum Gasteiger partial charge on any atom is 1.00 e. The van der Waals surface area contributed by atoms with Crippen LogP contribution in [0.3, 0.4) is 0 Å². The van der Waals surface area contributed by atoms with Crippen LogP contribution in [0.4, 0.5) is 11.6 Å². The second-order valence-electron chi connectivity index (χ2n) is 10.5. The molecule has 12 rings (SSSR count). The van der Waals surface area contributed by atoms with E-state index in [1.807, 2.05) is 9.14 Å². The first-order valence-corrected chi connectivity index (χ1v) is 13.4. The summed E-state index contributed by atoms with van der Waals surface area (Å²) in [5.74, 6) is -3.43. The zero-order chi connectivity index (χ0) is 33.7. The normalized spacial score (nSPS) is 17.0. The molecule has 53 heavy (non-hydrogen) atoms. The maximum absolute atomic E-state index is 11.9. The summed E-state index contributed by atoms with van der Waals surface area (Å²) in [6, 6.07) is 0. The van der Waals surface area contributed by atoms with Crippen LogP contribution in [0, 0.1) is 12.7 Å². The van der Waals surface area contributed by atoms with Gasteiger partial charge in [-0.05, 0) is 29.4 Å². The number of hydrogen-bond acceptors (Lipinski definition) is 16. The van der Waals surface area contributed by atoms with Gasteiger partial charge in [0.1, 0.15) is 17.5 Å². The Balaban J connectivity index is 0.000000454. The van der Waals surface area contributed by atoms with Crippen LogP contribution in [0.2, 0.25) is 0 Å². The number of carbonyl (C=O) groups is 2. The maximum atomic E-state index is 11.9. The van der Waals surface area contributed by atoms with Crippen LogP contribution in [-0.2, 0) is 25.1 Å². The molecule has 24 nitrogen and oxygen atoms in total. The van der Waals surface area contributed by atoms with Crippen molar-refractivity contribution in [3.05, 3.63) is 58.1 Å². The summed E-state index contributed by atoms with van der Waals surface area (Å²) in [7, 11) is 0. The summed E-state index contributed by atoms with van der Waals surface area (Å²) >= 11 is 0. The number of imidazole rings is 4. The Morgan fingerprint density at radius 2 is 1.28 bits per heavy atom. The van der Waals surface area contributed by atoms with E-state index < -0.39 is 29.5 Å². The van der Waals surface area contributed by atoms with Crippen LogP contribution < -0.4 is 139 Å². The van der Waals surface area contributed by atoms with Crippen molar-refractivity contribution in [3.63, 3.8) is 0 Å². The van der Waals surface area contributed by atoms with E-state index in [1.54, 1.807) is 9.14 Å². The van der Waals surface area contributed by atoms with Crippen LogP contribution in [0.5, 0.6) is 0 Å². The zero-order valence-electron chi connectivity index (χ0n) is 27.1. The molecule has 0 bridgehead atoms. The number of H-pyrrole nitrogens is 4. The Kier molecular flexibility index (Phi) is 9.50. The van der Waals surface area contributed by atoms with Gasteiger partial charge in [0.05, 0.1) is 0 Å². The summed E-state index contributed by atoms with van der Waals surface area (Å²) in [5, 5.41) is 23.7. The zero-order valence-corrected chi connectivity index (χ0v) is 35.1. The minimum absolute atomic E-state index is 0. The molecule has 12 heterocycles. The summed E-state index contributed by atoms with van der Waals surface area (Å²) in [4.78, 5) is 105. The van der Waals surface area contributed by atoms with Crippen molar-refractivity contribution in [2.45, 2.75) is 5.91 Å². The van der Waals surface area contributed by atoms with Gasteiger partial charge < -0.3 is 49.7 Å². The average molecular weight is 748 g/mol. The molecule has 0 aliphatic carbocycles. The van der Waals surface area contributed by atoms with Gasteiger partial charge in [-0.15, -0.1) is 9.57 Å². The van der Waals surface area contributed by atoms with Crippen LogP contribution in [0.15, 0.2) is 20.0 Å². The number of nitrogens with zero attached hydrogens (tertiary/aromatic N) is 12. The molecule has 6 aromatic heterocycles. The van der Waals surface area contributed by atoms with E-state index in [4.69, 9.17) is 39.1 Å². The van der Waals surface area contributed by atoms with Gasteiger partial charge in [0, 0.05) is 5.69 Å². The van der Waals surface area contributed by atoms with Crippen molar-refractivity contribution in [1.29, 1.82) is 0 Å². The molecule has 6 aliphatic rings. The number of carboxylic acids is 2. The molecule has 0 unspecified atom stereocenters. The molecule has 234 valence electrons. The van der Waals surface area contributed by atoms with Crippen molar-refractivity contribution in [2.75, 3.05) is 0 Å². The van der Waals surface area contributed by atoms with E-state index >= 15 is 0 Å². The Morgan fingerprint density at radius 1 is 0.660 bits per heavy atom. The van der Waals surface area contributed by atoms with Gasteiger partial charge >= 0.3 is 136 Å². The second kappa shape index (κ2) is 13.0. The number of fused-ring (bicyclic) bond motifs is 12. The Labute approximate surface area is 376 Å². The predicted molar refractivity (Wildman–Crippen MR) is 139 cm³/mol. The van der Waals surface area contributed by atoms with Gasteiger partial charge in [-0.1, -0.05) is 15.0 Å². The summed E-state index contributed by atoms with van der Waals surface area (Å²) in [6.45, 7) is 0. The predicted octanol–water partition coefficient (Wildman–Crippen LogP) is -18.2. The summed E-state index contributed by atoms with van der Waals surface area (Å²) in [6.07, 6.45) is 6.02. The number of hydrogen-bond donors (Lipinski definition) is 4. The number of carboxylic acid groups (broad SMARTS) is 2. The molecule has 0 amide bonds. The largest absolute Gasteiger partial charge is 1.00 e. The van der Waals surface area contributed by atoms with E-state index in [0.717, 1.165) is 0 Å². The average Bonchev–Trinajstić information content (AvgIpc) is 3.92. The van der Waals surface area contributed by atoms with Crippen molar-refractivity contribution >= 4 is 81.3 Å². The fraction of sp³-hybridized carbons (Fsp3) is 0.0400. The van der Waals surface area contributed by atoms with Gasteiger partial charge in [-0.3, -0.25) is 0 Å². The molecule has 6 aromatic rings. The van der Waals surface area contributed by atoms with Crippen LogP contribution in [0.1, 0.15) is 44.0 Å². The van der Waals surface area contributed by atoms with E-state index in [2.05, 4.69) is 52.5 Å². The molecular formula is C25H4N16Na4O8+2. The Hall–Kier alpha value is -4.10. The van der Waals surface area contributed by atoms with Gasteiger partial charge in [0.15, 0.2) is 39.5 Å². The van der Waals surface area contributed by atoms with Crippen LogP contribution in [0.25, 0.3) is 22.1 Å². The molecular weight excluding hydrogens is 744 g/mol. The van der Waals surface area contributed by atoms with E-state index in [-0.39, 0.29) is 170 Å². The first-order valence-electron chi connectivity index (χ1n) is 13.4. The Morgan fingerprint density at radius 3 is 1.98 bits per heavy atom. The first-order chi connectivity index (χ1) is 23.8. The number of rotatable bonds is 2. The molecule has 0 aromatic carbocycles. The number of nitrogens with one attached hydrogen (secondary N) is 4. The standard InChI is InChI=1S/C23H4N16O4.2CO2.4Na/c40-21(41)11-28-7-9(30-11)19-35-20-10-8(29-12(31-10)22(42)43)18-34-16-6-4(25-2-27-6)14-32-13-3-5(26-1-24-3)15-33-17(7)38(19)23(36(13)15,37(14)16)39(18)20;2*2-1-3;;;;/h(H4,24,25,26,27,28,29,30,31,32,33,34,35,40,41,42,43);;;;;;/q-2;;;4*+1/t23-;;;;;;/m0....../s1.